The second kappa shape index (κ2) is 6.39. The lowest BCUT2D eigenvalue weighted by Gasteiger charge is -2.42. The molecule has 2 N–H and O–H groups in total. The smallest absolute Gasteiger partial charge is 0.0448 e. The van der Waals surface area contributed by atoms with Gasteiger partial charge in [-0.2, -0.15) is 0 Å². The second-order valence-electron chi connectivity index (χ2n) is 4.95. The molecule has 3 heteroatoms. The highest BCUT2D eigenvalue weighted by atomic mass is 35.5. The van der Waals surface area contributed by atoms with Gasteiger partial charge in [-0.1, -0.05) is 29.8 Å². The van der Waals surface area contributed by atoms with Gasteiger partial charge in [-0.3, -0.25) is 0 Å². The van der Waals surface area contributed by atoms with Gasteiger partial charge in [-0.05, 0) is 38.2 Å². The van der Waals surface area contributed by atoms with E-state index in [1.807, 2.05) is 0 Å². The van der Waals surface area contributed by atoms with Gasteiger partial charge in [-0.25, -0.2) is 0 Å². The molecular formula is C14H22ClNO. The largest absolute Gasteiger partial charge is 0.396 e. The molecule has 96 valence electrons. The van der Waals surface area contributed by atoms with Crippen LogP contribution in [0.15, 0.2) is 24.3 Å². The maximum Gasteiger partial charge on any atom is 0.0448 e. The monoisotopic (exact) mass is 255 g/mol. The zero-order valence-corrected chi connectivity index (χ0v) is 11.2. The van der Waals surface area contributed by atoms with Gasteiger partial charge in [-0.15, -0.1) is 12.4 Å². The predicted octanol–water partition coefficient (Wildman–Crippen LogP) is 2.81. The molecule has 0 saturated heterocycles. The molecule has 1 aromatic carbocycles. The molecule has 0 bridgehead atoms. The molecule has 0 radical (unpaired) electrons. The van der Waals surface area contributed by atoms with Crippen molar-refractivity contribution in [1.82, 2.24) is 5.32 Å². The van der Waals surface area contributed by atoms with Gasteiger partial charge in [0.25, 0.3) is 0 Å². The summed E-state index contributed by atoms with van der Waals surface area (Å²) in [5, 5.41) is 12.7. The molecule has 0 unspecified atom stereocenters. The van der Waals surface area contributed by atoms with E-state index in [0.29, 0.717) is 6.61 Å². The van der Waals surface area contributed by atoms with Gasteiger partial charge in [0.15, 0.2) is 0 Å². The molecule has 2 rings (SSSR count). The third-order valence-electron chi connectivity index (χ3n) is 3.65. The average Bonchev–Trinajstić information content (AvgIpc) is 2.22. The van der Waals surface area contributed by atoms with E-state index in [2.05, 4.69) is 36.5 Å². The molecule has 1 saturated carbocycles. The molecule has 0 amide bonds. The number of hydrogen-bond donors (Lipinski definition) is 2. The van der Waals surface area contributed by atoms with Crippen molar-refractivity contribution in [2.45, 2.75) is 44.7 Å². The van der Waals surface area contributed by atoms with Crippen molar-refractivity contribution < 1.29 is 5.11 Å². The summed E-state index contributed by atoms with van der Waals surface area (Å²) < 4.78 is 0. The van der Waals surface area contributed by atoms with E-state index in [1.165, 1.54) is 30.4 Å². The highest BCUT2D eigenvalue weighted by Gasteiger charge is 2.35. The summed E-state index contributed by atoms with van der Waals surface area (Å²) in [5.74, 6) is 0. The lowest BCUT2D eigenvalue weighted by molar-refractivity contribution is 0.130. The minimum Gasteiger partial charge on any atom is -0.396 e. The van der Waals surface area contributed by atoms with Crippen LogP contribution in [-0.2, 0) is 6.54 Å². The van der Waals surface area contributed by atoms with Gasteiger partial charge in [0.1, 0.15) is 0 Å². The van der Waals surface area contributed by atoms with E-state index < -0.39 is 0 Å². The Morgan fingerprint density at radius 2 is 2.12 bits per heavy atom. The number of aryl methyl sites for hydroxylation is 1. The fourth-order valence-corrected chi connectivity index (χ4v) is 2.44. The normalized spacial score (nSPS) is 17.1. The standard InChI is InChI=1S/C14H21NO.ClH/c1-12-4-2-5-13(10-12)11-15-14(8-9-16)6-3-7-14;/h2,4-5,10,15-16H,3,6-9,11H2,1H3;1H. The summed E-state index contributed by atoms with van der Waals surface area (Å²) in [7, 11) is 0. The fraction of sp³-hybridized carbons (Fsp3) is 0.571. The summed E-state index contributed by atoms with van der Waals surface area (Å²) in [5.41, 5.74) is 2.87. The molecule has 1 aromatic rings. The number of benzene rings is 1. The first-order chi connectivity index (χ1) is 7.74. The van der Waals surface area contributed by atoms with Gasteiger partial charge in [0.2, 0.25) is 0 Å². The van der Waals surface area contributed by atoms with Crippen LogP contribution in [0, 0.1) is 6.92 Å². The lowest BCUT2D eigenvalue weighted by Crippen LogP contribution is -2.51. The van der Waals surface area contributed by atoms with Gasteiger partial charge in [0, 0.05) is 18.7 Å². The summed E-state index contributed by atoms with van der Waals surface area (Å²) >= 11 is 0. The maximum atomic E-state index is 9.07. The molecule has 1 fully saturated rings. The van der Waals surface area contributed by atoms with Crippen LogP contribution in [0.1, 0.15) is 36.8 Å². The number of aliphatic hydroxyl groups is 1. The van der Waals surface area contributed by atoms with E-state index in [0.717, 1.165) is 13.0 Å². The Bertz CT molecular complexity index is 350. The average molecular weight is 256 g/mol. The molecule has 17 heavy (non-hydrogen) atoms. The topological polar surface area (TPSA) is 32.3 Å². The Balaban J connectivity index is 0.00000144. The van der Waals surface area contributed by atoms with E-state index in [-0.39, 0.29) is 17.9 Å². The van der Waals surface area contributed by atoms with E-state index in [1.54, 1.807) is 0 Å². The SMILES string of the molecule is Cc1cccc(CNC2(CCO)CCC2)c1.Cl. The Morgan fingerprint density at radius 3 is 2.65 bits per heavy atom. The Hall–Kier alpha value is -0.570. The minimum atomic E-state index is 0. The predicted molar refractivity (Wildman–Crippen MR) is 73.6 cm³/mol. The lowest BCUT2D eigenvalue weighted by atomic mass is 9.74. The third kappa shape index (κ3) is 3.70. The minimum absolute atomic E-state index is 0. The number of hydrogen-bond acceptors (Lipinski definition) is 2. The summed E-state index contributed by atoms with van der Waals surface area (Å²) in [6, 6.07) is 8.60. The van der Waals surface area contributed by atoms with Gasteiger partial charge < -0.3 is 10.4 Å². The van der Waals surface area contributed by atoms with Crippen molar-refractivity contribution in [2.75, 3.05) is 6.61 Å². The van der Waals surface area contributed by atoms with Gasteiger partial charge >= 0.3 is 0 Å². The fourth-order valence-electron chi connectivity index (χ4n) is 2.44. The molecule has 0 spiro atoms. The van der Waals surface area contributed by atoms with Gasteiger partial charge in [0.05, 0.1) is 0 Å². The quantitative estimate of drug-likeness (QED) is 0.848. The zero-order valence-electron chi connectivity index (χ0n) is 10.4. The van der Waals surface area contributed by atoms with E-state index in [4.69, 9.17) is 5.11 Å². The van der Waals surface area contributed by atoms with Crippen molar-refractivity contribution in [1.29, 1.82) is 0 Å². The van der Waals surface area contributed by atoms with E-state index >= 15 is 0 Å². The summed E-state index contributed by atoms with van der Waals surface area (Å²) in [4.78, 5) is 0. The highest BCUT2D eigenvalue weighted by molar-refractivity contribution is 5.85. The van der Waals surface area contributed by atoms with Crippen molar-refractivity contribution in [3.8, 4) is 0 Å². The van der Waals surface area contributed by atoms with Crippen LogP contribution in [-0.4, -0.2) is 17.3 Å². The molecule has 0 aromatic heterocycles. The van der Waals surface area contributed by atoms with Crippen molar-refractivity contribution in [2.24, 2.45) is 0 Å². The first-order valence-corrected chi connectivity index (χ1v) is 6.16. The Morgan fingerprint density at radius 1 is 1.35 bits per heavy atom. The van der Waals surface area contributed by atoms with Crippen molar-refractivity contribution in [3.63, 3.8) is 0 Å². The first kappa shape index (κ1) is 14.5. The van der Waals surface area contributed by atoms with Crippen LogP contribution in [0.2, 0.25) is 0 Å². The summed E-state index contributed by atoms with van der Waals surface area (Å²) in [6.45, 7) is 3.33. The Kier molecular flexibility index (Phi) is 5.44. The molecule has 2 nitrogen and oxygen atoms in total. The Labute approximate surface area is 110 Å². The van der Waals surface area contributed by atoms with Crippen molar-refractivity contribution in [3.05, 3.63) is 35.4 Å². The maximum absolute atomic E-state index is 9.07. The first-order valence-electron chi connectivity index (χ1n) is 6.16. The van der Waals surface area contributed by atoms with Crippen LogP contribution in [0.3, 0.4) is 0 Å². The molecule has 0 heterocycles. The second-order valence-corrected chi connectivity index (χ2v) is 4.95. The molecular weight excluding hydrogens is 234 g/mol. The zero-order chi connectivity index (χ0) is 11.4. The van der Waals surface area contributed by atoms with Crippen LogP contribution in [0.5, 0.6) is 0 Å². The van der Waals surface area contributed by atoms with Crippen LogP contribution in [0.25, 0.3) is 0 Å². The van der Waals surface area contributed by atoms with Crippen LogP contribution in [0.4, 0.5) is 0 Å². The number of rotatable bonds is 5. The number of nitrogens with one attached hydrogen (secondary N) is 1. The van der Waals surface area contributed by atoms with E-state index in [9.17, 15) is 0 Å². The molecule has 0 aliphatic heterocycles. The summed E-state index contributed by atoms with van der Waals surface area (Å²) in [6.07, 6.45) is 4.60. The highest BCUT2D eigenvalue weighted by Crippen LogP contribution is 2.34. The molecule has 1 aliphatic carbocycles. The third-order valence-corrected chi connectivity index (χ3v) is 3.65. The van der Waals surface area contributed by atoms with Crippen molar-refractivity contribution >= 4 is 12.4 Å². The molecule has 1 aliphatic rings. The number of halogens is 1. The molecule has 0 atom stereocenters. The van der Waals surface area contributed by atoms with Crippen LogP contribution < -0.4 is 5.32 Å². The number of aliphatic hydroxyl groups excluding tert-OH is 1. The van der Waals surface area contributed by atoms with Crippen LogP contribution >= 0.6 is 12.4 Å².